The number of thiocarbonyl (C=S) groups is 1. The molecule has 174 valence electrons. The first kappa shape index (κ1) is 23.4. The molecule has 1 aliphatic heterocycles. The number of carbonyl (C=O) groups excluding carboxylic acids is 2. The van der Waals surface area contributed by atoms with Crippen molar-refractivity contribution in [1.29, 1.82) is 0 Å². The van der Waals surface area contributed by atoms with Gasteiger partial charge in [0.05, 0.1) is 19.2 Å². The molecular weight excluding hydrogens is 446 g/mol. The number of hydrogen-bond donors (Lipinski definition) is 1. The lowest BCUT2D eigenvalue weighted by molar-refractivity contribution is -0.124. The van der Waals surface area contributed by atoms with Crippen molar-refractivity contribution >= 4 is 40.5 Å². The van der Waals surface area contributed by atoms with Gasteiger partial charge in [-0.15, -0.1) is 0 Å². The highest BCUT2D eigenvalue weighted by molar-refractivity contribution is 7.80. The summed E-state index contributed by atoms with van der Waals surface area (Å²) >= 11 is 5.74. The first-order valence-electron chi connectivity index (χ1n) is 11.2. The van der Waals surface area contributed by atoms with E-state index >= 15 is 0 Å². The van der Waals surface area contributed by atoms with Crippen LogP contribution in [0.4, 0.5) is 11.4 Å². The fraction of sp³-hybridized carbons (Fsp3) is 0.222. The molecular formula is C27H27N3O3S. The van der Waals surface area contributed by atoms with Crippen LogP contribution in [-0.2, 0) is 16.0 Å². The molecule has 1 aliphatic rings. The molecule has 1 fully saturated rings. The van der Waals surface area contributed by atoms with E-state index in [1.165, 1.54) is 10.5 Å². The van der Waals surface area contributed by atoms with Gasteiger partial charge in [0, 0.05) is 12.2 Å². The van der Waals surface area contributed by atoms with Gasteiger partial charge in [-0.25, -0.2) is 0 Å². The third-order valence-corrected chi connectivity index (χ3v) is 6.21. The van der Waals surface area contributed by atoms with E-state index in [-0.39, 0.29) is 18.2 Å². The molecule has 2 amide bonds. The second kappa shape index (κ2) is 10.9. The predicted octanol–water partition coefficient (Wildman–Crippen LogP) is 4.66. The Morgan fingerprint density at radius 1 is 0.971 bits per heavy atom. The van der Waals surface area contributed by atoms with Crippen molar-refractivity contribution in [3.05, 3.63) is 90.5 Å². The molecule has 1 unspecified atom stereocenters. The van der Waals surface area contributed by atoms with Crippen molar-refractivity contribution in [3.8, 4) is 5.75 Å². The van der Waals surface area contributed by atoms with Crippen molar-refractivity contribution in [2.45, 2.75) is 25.3 Å². The quantitative estimate of drug-likeness (QED) is 0.458. The van der Waals surface area contributed by atoms with E-state index in [1.54, 1.807) is 31.4 Å². The number of para-hydroxylation sites is 1. The summed E-state index contributed by atoms with van der Waals surface area (Å²) in [5, 5.41) is 3.30. The molecule has 1 atom stereocenters. The number of methoxy groups -OCH3 is 1. The maximum Gasteiger partial charge on any atom is 0.256 e. The van der Waals surface area contributed by atoms with Crippen LogP contribution in [0.3, 0.4) is 0 Å². The molecule has 1 saturated heterocycles. The van der Waals surface area contributed by atoms with Crippen LogP contribution in [0, 0.1) is 0 Å². The number of nitrogens with one attached hydrogen (secondary N) is 1. The molecule has 0 bridgehead atoms. The Morgan fingerprint density at radius 2 is 1.62 bits per heavy atom. The van der Waals surface area contributed by atoms with Gasteiger partial charge >= 0.3 is 0 Å². The zero-order valence-corrected chi connectivity index (χ0v) is 19.8. The Balaban J connectivity index is 1.51. The molecule has 0 aliphatic carbocycles. The van der Waals surface area contributed by atoms with Gasteiger partial charge in [0.2, 0.25) is 5.91 Å². The normalized spacial score (nSPS) is 15.5. The van der Waals surface area contributed by atoms with Gasteiger partial charge in [-0.2, -0.15) is 0 Å². The molecule has 1 N–H and O–H groups in total. The molecule has 3 aromatic rings. The molecule has 0 aromatic heterocycles. The van der Waals surface area contributed by atoms with Crippen molar-refractivity contribution in [2.75, 3.05) is 23.9 Å². The second-order valence-electron chi connectivity index (χ2n) is 8.07. The topological polar surface area (TPSA) is 61.9 Å². The van der Waals surface area contributed by atoms with E-state index in [4.69, 9.17) is 17.0 Å². The van der Waals surface area contributed by atoms with E-state index < -0.39 is 6.04 Å². The summed E-state index contributed by atoms with van der Waals surface area (Å²) in [4.78, 5) is 29.7. The largest absolute Gasteiger partial charge is 0.497 e. The molecule has 34 heavy (non-hydrogen) atoms. The summed E-state index contributed by atoms with van der Waals surface area (Å²) in [6.07, 6.45) is 1.69. The van der Waals surface area contributed by atoms with Crippen LogP contribution in [0.15, 0.2) is 84.9 Å². The van der Waals surface area contributed by atoms with Crippen LogP contribution >= 0.6 is 12.2 Å². The van der Waals surface area contributed by atoms with Gasteiger partial charge < -0.3 is 15.0 Å². The Morgan fingerprint density at radius 3 is 2.26 bits per heavy atom. The summed E-state index contributed by atoms with van der Waals surface area (Å²) in [7, 11) is 1.59. The highest BCUT2D eigenvalue weighted by atomic mass is 32.1. The summed E-state index contributed by atoms with van der Waals surface area (Å²) in [6, 6.07) is 26.0. The number of amides is 2. The monoisotopic (exact) mass is 473 g/mol. The second-order valence-corrected chi connectivity index (χ2v) is 8.44. The molecule has 4 rings (SSSR count). The van der Waals surface area contributed by atoms with Gasteiger partial charge in [0.25, 0.3) is 5.91 Å². The summed E-state index contributed by atoms with van der Waals surface area (Å²) in [5.41, 5.74) is 2.59. The summed E-state index contributed by atoms with van der Waals surface area (Å²) in [6.45, 7) is 0.579. The average Bonchev–Trinajstić information content (AvgIpc) is 3.09. The van der Waals surface area contributed by atoms with Gasteiger partial charge in [-0.1, -0.05) is 48.5 Å². The first-order chi connectivity index (χ1) is 16.6. The van der Waals surface area contributed by atoms with E-state index in [1.807, 2.05) is 53.4 Å². The van der Waals surface area contributed by atoms with E-state index in [0.717, 1.165) is 12.8 Å². The molecule has 6 nitrogen and oxygen atoms in total. The highest BCUT2D eigenvalue weighted by Gasteiger charge is 2.43. The molecule has 0 saturated carbocycles. The van der Waals surface area contributed by atoms with Gasteiger partial charge in [0.15, 0.2) is 5.11 Å². The molecule has 0 radical (unpaired) electrons. The Hall–Kier alpha value is -3.71. The number of nitrogens with zero attached hydrogens (tertiary/aromatic N) is 2. The van der Waals surface area contributed by atoms with E-state index in [2.05, 4.69) is 17.4 Å². The lowest BCUT2D eigenvalue weighted by Crippen LogP contribution is -2.38. The minimum absolute atomic E-state index is 0.0197. The fourth-order valence-electron chi connectivity index (χ4n) is 4.06. The van der Waals surface area contributed by atoms with Gasteiger partial charge in [-0.05, 0) is 67.0 Å². The third kappa shape index (κ3) is 5.43. The number of hydrogen-bond acceptors (Lipinski definition) is 4. The number of anilines is 2. The summed E-state index contributed by atoms with van der Waals surface area (Å²) in [5.74, 6) is 0.273. The highest BCUT2D eigenvalue weighted by Crippen LogP contribution is 2.29. The van der Waals surface area contributed by atoms with E-state index in [9.17, 15) is 9.59 Å². The van der Waals surface area contributed by atoms with Crippen LogP contribution < -0.4 is 15.0 Å². The number of carbonyl (C=O) groups is 2. The Kier molecular flexibility index (Phi) is 7.54. The standard InChI is InChI=1S/C27H27N3O3S/c1-33-23-16-14-22(15-17-23)30-26(32)24(19-25(31)28-21-12-6-3-7-13-21)29(27(30)34)18-8-11-20-9-4-2-5-10-20/h2-7,9-10,12-17,24H,8,11,18-19H2,1H3,(H,28,31). The Labute approximate surface area is 205 Å². The smallest absolute Gasteiger partial charge is 0.256 e. The number of ether oxygens (including phenoxy) is 1. The van der Waals surface area contributed by atoms with Gasteiger partial charge in [-0.3, -0.25) is 14.5 Å². The number of rotatable bonds is 9. The maximum atomic E-state index is 13.5. The SMILES string of the molecule is COc1ccc(N2C(=O)C(CC(=O)Nc3ccccc3)N(CCCc3ccccc3)C2=S)cc1. The van der Waals surface area contributed by atoms with Gasteiger partial charge in [0.1, 0.15) is 11.8 Å². The zero-order chi connectivity index (χ0) is 23.9. The predicted molar refractivity (Wildman–Crippen MR) is 138 cm³/mol. The van der Waals surface area contributed by atoms with Crippen LogP contribution in [-0.4, -0.2) is 41.5 Å². The Bertz CT molecular complexity index is 1140. The van der Waals surface area contributed by atoms with Crippen molar-refractivity contribution in [3.63, 3.8) is 0 Å². The molecule has 1 heterocycles. The minimum Gasteiger partial charge on any atom is -0.497 e. The lowest BCUT2D eigenvalue weighted by atomic mass is 10.1. The van der Waals surface area contributed by atoms with Crippen LogP contribution in [0.25, 0.3) is 0 Å². The average molecular weight is 474 g/mol. The third-order valence-electron chi connectivity index (χ3n) is 5.79. The fourth-order valence-corrected chi connectivity index (χ4v) is 4.48. The van der Waals surface area contributed by atoms with E-state index in [0.29, 0.717) is 28.8 Å². The minimum atomic E-state index is -0.658. The van der Waals surface area contributed by atoms with Crippen LogP contribution in [0.5, 0.6) is 5.75 Å². The van der Waals surface area contributed by atoms with Crippen molar-refractivity contribution < 1.29 is 14.3 Å². The van der Waals surface area contributed by atoms with Crippen LogP contribution in [0.2, 0.25) is 0 Å². The number of aryl methyl sites for hydroxylation is 1. The van der Waals surface area contributed by atoms with Crippen LogP contribution in [0.1, 0.15) is 18.4 Å². The zero-order valence-electron chi connectivity index (χ0n) is 19.0. The number of benzene rings is 3. The van der Waals surface area contributed by atoms with Crippen molar-refractivity contribution in [1.82, 2.24) is 4.90 Å². The maximum absolute atomic E-state index is 13.5. The molecule has 0 spiro atoms. The molecule has 7 heteroatoms. The lowest BCUT2D eigenvalue weighted by Gasteiger charge is -2.24. The molecule has 3 aromatic carbocycles. The summed E-state index contributed by atoms with van der Waals surface area (Å²) < 4.78 is 5.23. The first-order valence-corrected chi connectivity index (χ1v) is 11.6. The van der Waals surface area contributed by atoms with Crippen molar-refractivity contribution in [2.24, 2.45) is 0 Å².